The van der Waals surface area contributed by atoms with E-state index in [4.69, 9.17) is 5.11 Å². The van der Waals surface area contributed by atoms with Gasteiger partial charge in [-0.3, -0.25) is 9.89 Å². The van der Waals surface area contributed by atoms with Gasteiger partial charge in [0.15, 0.2) is 0 Å². The fourth-order valence-corrected chi connectivity index (χ4v) is 1.53. The van der Waals surface area contributed by atoms with Crippen molar-refractivity contribution < 1.29 is 14.3 Å². The van der Waals surface area contributed by atoms with Crippen molar-refractivity contribution in [2.75, 3.05) is 0 Å². The maximum absolute atomic E-state index is 13.1. The molecule has 2 N–H and O–H groups in total. The van der Waals surface area contributed by atoms with E-state index in [2.05, 4.69) is 10.2 Å². The van der Waals surface area contributed by atoms with E-state index >= 15 is 0 Å². The molecule has 5 heteroatoms. The number of hydrogen-bond acceptors (Lipinski definition) is 2. The third-order valence-corrected chi connectivity index (χ3v) is 2.22. The Morgan fingerprint density at radius 3 is 2.94 bits per heavy atom. The number of hydrogen-bond donors (Lipinski definition) is 2. The van der Waals surface area contributed by atoms with Crippen LogP contribution >= 0.6 is 0 Å². The Labute approximate surface area is 90.7 Å². The molecular formula is C11H9FN2O2. The zero-order chi connectivity index (χ0) is 11.5. The van der Waals surface area contributed by atoms with Gasteiger partial charge in [-0.15, -0.1) is 0 Å². The van der Waals surface area contributed by atoms with Crippen LogP contribution < -0.4 is 0 Å². The summed E-state index contributed by atoms with van der Waals surface area (Å²) in [5.41, 5.74) is 1.79. The zero-order valence-electron chi connectivity index (χ0n) is 8.27. The average molecular weight is 220 g/mol. The van der Waals surface area contributed by atoms with Gasteiger partial charge in [0.05, 0.1) is 12.6 Å². The van der Waals surface area contributed by atoms with Crippen molar-refractivity contribution in [2.24, 2.45) is 0 Å². The Morgan fingerprint density at radius 1 is 1.50 bits per heavy atom. The molecule has 0 unspecified atom stereocenters. The van der Waals surface area contributed by atoms with Gasteiger partial charge >= 0.3 is 5.97 Å². The highest BCUT2D eigenvalue weighted by Crippen LogP contribution is 2.24. The molecule has 0 saturated carbocycles. The first kappa shape index (κ1) is 10.4. The van der Waals surface area contributed by atoms with Gasteiger partial charge in [-0.2, -0.15) is 5.10 Å². The van der Waals surface area contributed by atoms with Crippen molar-refractivity contribution in [3.05, 3.63) is 42.0 Å². The first-order valence-electron chi connectivity index (χ1n) is 4.66. The van der Waals surface area contributed by atoms with E-state index in [1.807, 2.05) is 0 Å². The summed E-state index contributed by atoms with van der Waals surface area (Å²) in [4.78, 5) is 10.7. The second-order valence-electron chi connectivity index (χ2n) is 3.36. The minimum Gasteiger partial charge on any atom is -0.481 e. The molecule has 2 rings (SSSR count). The molecule has 0 amide bonds. The molecule has 0 atom stereocenters. The SMILES string of the molecule is O=C(O)Cc1ccc(F)cc1-c1cn[nH]c1. The van der Waals surface area contributed by atoms with Gasteiger partial charge in [0.2, 0.25) is 0 Å². The summed E-state index contributed by atoms with van der Waals surface area (Å²) in [7, 11) is 0. The summed E-state index contributed by atoms with van der Waals surface area (Å²) < 4.78 is 13.1. The second-order valence-corrected chi connectivity index (χ2v) is 3.36. The van der Waals surface area contributed by atoms with Crippen molar-refractivity contribution in [1.82, 2.24) is 10.2 Å². The molecule has 0 saturated heterocycles. The van der Waals surface area contributed by atoms with Crippen LogP contribution in [-0.2, 0) is 11.2 Å². The van der Waals surface area contributed by atoms with Gasteiger partial charge in [-0.25, -0.2) is 4.39 Å². The minimum absolute atomic E-state index is 0.138. The van der Waals surface area contributed by atoms with Crippen molar-refractivity contribution in [3.8, 4) is 11.1 Å². The predicted octanol–water partition coefficient (Wildman–Crippen LogP) is 1.84. The number of nitrogens with zero attached hydrogens (tertiary/aromatic N) is 1. The molecule has 0 aliphatic heterocycles. The lowest BCUT2D eigenvalue weighted by Crippen LogP contribution is -2.02. The predicted molar refractivity (Wildman–Crippen MR) is 55.3 cm³/mol. The van der Waals surface area contributed by atoms with E-state index in [0.717, 1.165) is 0 Å². The molecule has 1 heterocycles. The Morgan fingerprint density at radius 2 is 2.31 bits per heavy atom. The molecule has 16 heavy (non-hydrogen) atoms. The number of benzene rings is 1. The molecule has 0 spiro atoms. The monoisotopic (exact) mass is 220 g/mol. The second kappa shape index (κ2) is 4.14. The Kier molecular flexibility index (Phi) is 2.68. The van der Waals surface area contributed by atoms with Crippen molar-refractivity contribution >= 4 is 5.97 Å². The lowest BCUT2D eigenvalue weighted by atomic mass is 10.00. The number of H-pyrrole nitrogens is 1. The number of carbonyl (C=O) groups is 1. The Hall–Kier alpha value is -2.17. The quantitative estimate of drug-likeness (QED) is 0.829. The number of rotatable bonds is 3. The van der Waals surface area contributed by atoms with Crippen LogP contribution in [0.5, 0.6) is 0 Å². The molecule has 0 aliphatic rings. The number of aromatic amines is 1. The highest BCUT2D eigenvalue weighted by molar-refractivity contribution is 5.76. The highest BCUT2D eigenvalue weighted by atomic mass is 19.1. The van der Waals surface area contributed by atoms with Crippen LogP contribution in [0.1, 0.15) is 5.56 Å². The summed E-state index contributed by atoms with van der Waals surface area (Å²) in [6.07, 6.45) is 2.99. The molecule has 2 aromatic rings. The standard InChI is InChI=1S/C11H9FN2O2/c12-9-2-1-7(3-11(15)16)10(4-9)8-5-13-14-6-8/h1-2,4-6H,3H2,(H,13,14)(H,15,16). The van der Waals surface area contributed by atoms with Crippen LogP contribution in [-0.4, -0.2) is 21.3 Å². The molecule has 0 radical (unpaired) electrons. The van der Waals surface area contributed by atoms with Crippen LogP contribution in [0.15, 0.2) is 30.6 Å². The maximum Gasteiger partial charge on any atom is 0.307 e. The van der Waals surface area contributed by atoms with E-state index in [0.29, 0.717) is 16.7 Å². The van der Waals surface area contributed by atoms with Crippen LogP contribution in [0.3, 0.4) is 0 Å². The molecule has 1 aromatic heterocycles. The minimum atomic E-state index is -0.948. The molecule has 0 aliphatic carbocycles. The fraction of sp³-hybridized carbons (Fsp3) is 0.0909. The Bertz CT molecular complexity index is 509. The van der Waals surface area contributed by atoms with Gasteiger partial charge in [0.1, 0.15) is 5.82 Å². The zero-order valence-corrected chi connectivity index (χ0v) is 8.27. The number of nitrogens with one attached hydrogen (secondary N) is 1. The van der Waals surface area contributed by atoms with Gasteiger partial charge in [-0.1, -0.05) is 6.07 Å². The first-order chi connectivity index (χ1) is 7.66. The summed E-state index contributed by atoms with van der Waals surface area (Å²) in [5.74, 6) is -1.35. The normalized spacial score (nSPS) is 10.3. The smallest absolute Gasteiger partial charge is 0.307 e. The number of halogens is 1. The van der Waals surface area contributed by atoms with E-state index in [-0.39, 0.29) is 6.42 Å². The van der Waals surface area contributed by atoms with Crippen molar-refractivity contribution in [1.29, 1.82) is 0 Å². The number of aromatic nitrogens is 2. The number of carboxylic acids is 1. The van der Waals surface area contributed by atoms with E-state index < -0.39 is 11.8 Å². The van der Waals surface area contributed by atoms with Crippen molar-refractivity contribution in [3.63, 3.8) is 0 Å². The Balaban J connectivity index is 2.48. The van der Waals surface area contributed by atoms with Gasteiger partial charge < -0.3 is 5.11 Å². The molecule has 82 valence electrons. The first-order valence-corrected chi connectivity index (χ1v) is 4.66. The van der Waals surface area contributed by atoms with E-state index in [1.54, 1.807) is 6.20 Å². The van der Waals surface area contributed by atoms with Crippen LogP contribution in [0.25, 0.3) is 11.1 Å². The summed E-state index contributed by atoms with van der Waals surface area (Å²) >= 11 is 0. The van der Waals surface area contributed by atoms with Gasteiger partial charge in [0, 0.05) is 11.8 Å². The number of carboxylic acid groups (broad SMARTS) is 1. The lowest BCUT2D eigenvalue weighted by molar-refractivity contribution is -0.136. The lowest BCUT2D eigenvalue weighted by Gasteiger charge is -2.05. The third-order valence-electron chi connectivity index (χ3n) is 2.22. The van der Waals surface area contributed by atoms with E-state index in [1.165, 1.54) is 24.4 Å². The molecule has 0 fully saturated rings. The van der Waals surface area contributed by atoms with Crippen LogP contribution in [0, 0.1) is 5.82 Å². The largest absolute Gasteiger partial charge is 0.481 e. The molecule has 4 nitrogen and oxygen atoms in total. The summed E-state index contributed by atoms with van der Waals surface area (Å²) in [6.45, 7) is 0. The average Bonchev–Trinajstić information content (AvgIpc) is 2.73. The summed E-state index contributed by atoms with van der Waals surface area (Å²) in [6, 6.07) is 4.04. The molecular weight excluding hydrogens is 211 g/mol. The molecule has 0 bridgehead atoms. The third kappa shape index (κ3) is 2.08. The van der Waals surface area contributed by atoms with Crippen molar-refractivity contribution in [2.45, 2.75) is 6.42 Å². The van der Waals surface area contributed by atoms with Gasteiger partial charge in [-0.05, 0) is 23.3 Å². The molecule has 1 aromatic carbocycles. The maximum atomic E-state index is 13.1. The highest BCUT2D eigenvalue weighted by Gasteiger charge is 2.10. The van der Waals surface area contributed by atoms with Gasteiger partial charge in [0.25, 0.3) is 0 Å². The number of aliphatic carboxylic acids is 1. The fourth-order valence-electron chi connectivity index (χ4n) is 1.53. The van der Waals surface area contributed by atoms with E-state index in [9.17, 15) is 9.18 Å². The summed E-state index contributed by atoms with van der Waals surface area (Å²) in [5, 5.41) is 15.1. The topological polar surface area (TPSA) is 66.0 Å². The van der Waals surface area contributed by atoms with Crippen LogP contribution in [0.4, 0.5) is 4.39 Å². The van der Waals surface area contributed by atoms with Crippen LogP contribution in [0.2, 0.25) is 0 Å².